The molecule has 0 saturated carbocycles. The highest BCUT2D eigenvalue weighted by Gasteiger charge is 2.66. The molecule has 2 atom stereocenters. The van der Waals surface area contributed by atoms with Crippen molar-refractivity contribution in [1.82, 2.24) is 3.71 Å². The molecule has 0 aromatic heterocycles. The minimum atomic E-state index is -6.76. The molecule has 0 aromatic carbocycles. The van der Waals surface area contributed by atoms with Gasteiger partial charge in [0.05, 0.1) is 11.2 Å². The van der Waals surface area contributed by atoms with Crippen LogP contribution in [0, 0.1) is 0 Å². The molecule has 1 aliphatic heterocycles. The number of rotatable bonds is 8. The number of halogens is 6. The molecule has 26 heavy (non-hydrogen) atoms. The van der Waals surface area contributed by atoms with Crippen LogP contribution in [0.15, 0.2) is 0 Å². The highest BCUT2D eigenvalue weighted by molar-refractivity contribution is 8.04. The summed E-state index contributed by atoms with van der Waals surface area (Å²) in [6.07, 6.45) is 0.414. The summed E-state index contributed by atoms with van der Waals surface area (Å²) in [5.41, 5.74) is -14.5. The lowest BCUT2D eigenvalue weighted by Crippen LogP contribution is -2.50. The molecule has 1 heterocycles. The highest BCUT2D eigenvalue weighted by Crippen LogP contribution is 2.55. The smallest absolute Gasteiger partial charge is 0.363 e. The Bertz CT molecular complexity index is 684. The maximum absolute atomic E-state index is 12.7. The molecule has 14 heteroatoms. The first kappa shape index (κ1) is 23.4. The van der Waals surface area contributed by atoms with Gasteiger partial charge in [-0.3, -0.25) is 0 Å². The van der Waals surface area contributed by atoms with Crippen LogP contribution in [0.25, 0.3) is 0 Å². The summed E-state index contributed by atoms with van der Waals surface area (Å²) in [6.45, 7) is 3.41. The van der Waals surface area contributed by atoms with Crippen LogP contribution in [0.5, 0.6) is 0 Å². The van der Waals surface area contributed by atoms with Crippen molar-refractivity contribution < 1.29 is 47.9 Å². The number of hydrogen-bond acceptors (Lipinski definition) is 5. The van der Waals surface area contributed by atoms with Crippen molar-refractivity contribution in [1.29, 1.82) is 0 Å². The lowest BCUT2D eigenvalue weighted by Gasteiger charge is -2.25. The first-order valence-electron chi connectivity index (χ1n) is 7.52. The summed E-state index contributed by atoms with van der Waals surface area (Å²) in [6, 6.07) is 0. The SMILES string of the molecule is CCCC1(CCN(S(=O)(=O)C(F)(F)F)S(=O)(=O)C(F)(F)F)OC1(C)CC. The summed E-state index contributed by atoms with van der Waals surface area (Å²) in [5.74, 6) is 0. The Morgan fingerprint density at radius 2 is 1.31 bits per heavy atom. The molecular formula is C12H19F6NO5S2. The van der Waals surface area contributed by atoms with Crippen LogP contribution in [0.3, 0.4) is 0 Å². The molecule has 0 amide bonds. The second-order valence-electron chi connectivity index (χ2n) is 6.08. The van der Waals surface area contributed by atoms with Crippen LogP contribution < -0.4 is 0 Å². The van der Waals surface area contributed by atoms with E-state index in [4.69, 9.17) is 4.74 Å². The van der Waals surface area contributed by atoms with Crippen LogP contribution in [-0.2, 0) is 24.8 Å². The summed E-state index contributed by atoms with van der Waals surface area (Å²) < 4.78 is 126. The molecular weight excluding hydrogens is 416 g/mol. The molecule has 1 saturated heterocycles. The van der Waals surface area contributed by atoms with Crippen molar-refractivity contribution in [2.75, 3.05) is 6.54 Å². The van der Waals surface area contributed by atoms with Crippen LogP contribution in [0.1, 0.15) is 46.5 Å². The van der Waals surface area contributed by atoms with E-state index in [1.165, 1.54) is 0 Å². The third kappa shape index (κ3) is 3.83. The van der Waals surface area contributed by atoms with Crippen LogP contribution in [0.2, 0.25) is 0 Å². The number of epoxide rings is 1. The standard InChI is InChI=1S/C12H19F6NO5S2/c1-4-6-10(9(3,5-2)24-10)7-8-19(25(20,21)11(13,14)15)26(22,23)12(16,17)18/h4-8H2,1-3H3. The van der Waals surface area contributed by atoms with Crippen molar-refractivity contribution in [3.63, 3.8) is 0 Å². The fourth-order valence-corrected chi connectivity index (χ4v) is 5.50. The highest BCUT2D eigenvalue weighted by atomic mass is 32.3. The van der Waals surface area contributed by atoms with Crippen LogP contribution in [0.4, 0.5) is 26.3 Å². The molecule has 0 N–H and O–H groups in total. The van der Waals surface area contributed by atoms with Gasteiger partial charge in [-0.15, -0.1) is 0 Å². The minimum absolute atomic E-state index is 0.226. The summed E-state index contributed by atoms with van der Waals surface area (Å²) >= 11 is 0. The zero-order chi connectivity index (χ0) is 20.8. The molecule has 156 valence electrons. The van der Waals surface area contributed by atoms with E-state index in [9.17, 15) is 43.2 Å². The number of ether oxygens (including phenoxy) is 1. The number of sulfonamides is 2. The molecule has 1 rings (SSSR count). The van der Waals surface area contributed by atoms with Crippen molar-refractivity contribution in [2.24, 2.45) is 0 Å². The summed E-state index contributed by atoms with van der Waals surface area (Å²) in [5, 5.41) is 0. The predicted molar refractivity (Wildman–Crippen MR) is 78.7 cm³/mol. The van der Waals surface area contributed by atoms with Crippen molar-refractivity contribution in [3.05, 3.63) is 0 Å². The fourth-order valence-electron chi connectivity index (χ4n) is 2.83. The Labute approximate surface area is 147 Å². The van der Waals surface area contributed by atoms with Gasteiger partial charge in [-0.2, -0.15) is 26.3 Å². The molecule has 1 aliphatic rings. The molecule has 0 radical (unpaired) electrons. The Morgan fingerprint density at radius 1 is 0.885 bits per heavy atom. The summed E-state index contributed by atoms with van der Waals surface area (Å²) in [7, 11) is -13.5. The predicted octanol–water partition coefficient (Wildman–Crippen LogP) is 3.12. The third-order valence-electron chi connectivity index (χ3n) is 4.49. The van der Waals surface area contributed by atoms with E-state index in [-0.39, 0.29) is 6.42 Å². The lowest BCUT2D eigenvalue weighted by atomic mass is 9.85. The molecule has 1 fully saturated rings. The zero-order valence-corrected chi connectivity index (χ0v) is 15.7. The van der Waals surface area contributed by atoms with Gasteiger partial charge in [0.15, 0.2) is 0 Å². The van der Waals surface area contributed by atoms with Crippen LogP contribution >= 0.6 is 0 Å². The van der Waals surface area contributed by atoms with E-state index in [1.807, 2.05) is 0 Å². The van der Waals surface area contributed by atoms with Gasteiger partial charge in [0.2, 0.25) is 0 Å². The maximum atomic E-state index is 12.7. The van der Waals surface area contributed by atoms with Gasteiger partial charge < -0.3 is 4.74 Å². The first-order valence-corrected chi connectivity index (χ1v) is 10.4. The number of alkyl halides is 6. The van der Waals surface area contributed by atoms with E-state index in [0.717, 1.165) is 0 Å². The molecule has 0 aliphatic carbocycles. The molecule has 0 aromatic rings. The lowest BCUT2D eigenvalue weighted by molar-refractivity contribution is -0.0533. The average Bonchev–Trinajstić information content (AvgIpc) is 3.01. The minimum Gasteiger partial charge on any atom is -0.363 e. The van der Waals surface area contributed by atoms with E-state index in [2.05, 4.69) is 0 Å². The first-order chi connectivity index (χ1) is 11.4. The van der Waals surface area contributed by atoms with Gasteiger partial charge in [-0.05, 0) is 26.2 Å². The largest absolute Gasteiger partial charge is 0.512 e. The van der Waals surface area contributed by atoms with Gasteiger partial charge in [-0.1, -0.05) is 24.0 Å². The van der Waals surface area contributed by atoms with Gasteiger partial charge in [0.25, 0.3) is 0 Å². The number of hydrogen-bond donors (Lipinski definition) is 0. The van der Waals surface area contributed by atoms with Crippen LogP contribution in [-0.4, -0.2) is 49.3 Å². The van der Waals surface area contributed by atoms with Gasteiger partial charge in [0.1, 0.15) is 0 Å². The second kappa shape index (κ2) is 6.78. The van der Waals surface area contributed by atoms with Gasteiger partial charge in [0, 0.05) is 6.54 Å². The molecule has 6 nitrogen and oxygen atoms in total. The molecule has 2 unspecified atom stereocenters. The van der Waals surface area contributed by atoms with E-state index < -0.39 is 58.9 Å². The Hall–Kier alpha value is -0.600. The third-order valence-corrected chi connectivity index (χ3v) is 8.28. The zero-order valence-electron chi connectivity index (χ0n) is 14.1. The maximum Gasteiger partial charge on any atom is 0.512 e. The normalized spacial score (nSPS) is 27.8. The Kier molecular flexibility index (Phi) is 6.11. The monoisotopic (exact) mass is 435 g/mol. The van der Waals surface area contributed by atoms with E-state index in [0.29, 0.717) is 12.8 Å². The Morgan fingerprint density at radius 3 is 1.58 bits per heavy atom. The Balaban J connectivity index is 3.30. The quantitative estimate of drug-likeness (QED) is 0.432. The average molecular weight is 435 g/mol. The molecule has 0 bridgehead atoms. The second-order valence-corrected chi connectivity index (χ2v) is 10.0. The van der Waals surface area contributed by atoms with Crippen molar-refractivity contribution in [3.8, 4) is 0 Å². The topological polar surface area (TPSA) is 84.1 Å². The fraction of sp³-hybridized carbons (Fsp3) is 1.00. The van der Waals surface area contributed by atoms with Crippen molar-refractivity contribution >= 4 is 20.0 Å². The summed E-state index contributed by atoms with van der Waals surface area (Å²) in [4.78, 5) is 0. The van der Waals surface area contributed by atoms with Gasteiger partial charge >= 0.3 is 31.1 Å². The van der Waals surface area contributed by atoms with Gasteiger partial charge in [-0.25, -0.2) is 16.8 Å². The van der Waals surface area contributed by atoms with E-state index >= 15 is 0 Å². The van der Waals surface area contributed by atoms with Crippen molar-refractivity contribution in [2.45, 2.75) is 68.7 Å². The van der Waals surface area contributed by atoms with E-state index in [1.54, 1.807) is 20.8 Å². The molecule has 0 spiro atoms. The number of nitrogens with zero attached hydrogens (tertiary/aromatic N) is 1.